The molecule has 0 aromatic carbocycles. The third kappa shape index (κ3) is 3.65. The molecule has 0 bridgehead atoms. The van der Waals surface area contributed by atoms with Crippen LogP contribution in [0.1, 0.15) is 11.5 Å². The number of anilines is 1. The van der Waals surface area contributed by atoms with E-state index in [1.807, 2.05) is 20.2 Å². The number of rotatable bonds is 5. The lowest BCUT2D eigenvalue weighted by Crippen LogP contribution is -2.45. The van der Waals surface area contributed by atoms with Crippen LogP contribution >= 0.6 is 0 Å². The van der Waals surface area contributed by atoms with Crippen LogP contribution in [0, 0.1) is 6.92 Å². The van der Waals surface area contributed by atoms with E-state index in [-0.39, 0.29) is 11.7 Å². The van der Waals surface area contributed by atoms with Gasteiger partial charge in [0.25, 0.3) is 5.56 Å². The monoisotopic (exact) mass is 332 g/mol. The number of imidazole rings is 1. The van der Waals surface area contributed by atoms with Crippen LogP contribution in [-0.4, -0.2) is 56.3 Å². The zero-order valence-corrected chi connectivity index (χ0v) is 14.4. The Bertz CT molecular complexity index is 753. The van der Waals surface area contributed by atoms with Crippen molar-refractivity contribution >= 4 is 5.82 Å². The minimum Gasteiger partial charge on any atom is -0.374 e. The van der Waals surface area contributed by atoms with Gasteiger partial charge in [-0.3, -0.25) is 9.69 Å². The number of nitrogens with zero attached hydrogens (tertiary/aromatic N) is 5. The summed E-state index contributed by atoms with van der Waals surface area (Å²) in [5.74, 6) is 1.38. The lowest BCUT2D eigenvalue weighted by atomic mass is 10.2. The van der Waals surface area contributed by atoms with Crippen LogP contribution in [0.2, 0.25) is 0 Å². The molecular weight excluding hydrogens is 308 g/mol. The van der Waals surface area contributed by atoms with Gasteiger partial charge < -0.3 is 19.2 Å². The fourth-order valence-electron chi connectivity index (χ4n) is 2.80. The Labute approximate surface area is 141 Å². The number of aromatic nitrogens is 4. The molecule has 3 heterocycles. The molecule has 0 saturated carbocycles. The van der Waals surface area contributed by atoms with Crippen molar-refractivity contribution in [2.45, 2.75) is 19.6 Å². The number of hydrogen-bond acceptors (Lipinski definition) is 6. The molecule has 1 atom stereocenters. The van der Waals surface area contributed by atoms with Crippen molar-refractivity contribution in [3.05, 3.63) is 40.5 Å². The van der Waals surface area contributed by atoms with Crippen molar-refractivity contribution < 1.29 is 4.74 Å². The van der Waals surface area contributed by atoms with Gasteiger partial charge in [0.1, 0.15) is 5.82 Å². The van der Waals surface area contributed by atoms with Crippen molar-refractivity contribution in [2.75, 3.05) is 31.6 Å². The fraction of sp³-hybridized carbons (Fsp3) is 0.562. The predicted octanol–water partition coefficient (Wildman–Crippen LogP) is 0.135. The molecule has 0 radical (unpaired) electrons. The molecule has 0 spiro atoms. The highest BCUT2D eigenvalue weighted by Gasteiger charge is 2.21. The first-order valence-electron chi connectivity index (χ1n) is 8.11. The summed E-state index contributed by atoms with van der Waals surface area (Å²) >= 11 is 0. The largest absolute Gasteiger partial charge is 0.374 e. The Balaban J connectivity index is 1.56. The van der Waals surface area contributed by atoms with E-state index in [9.17, 15) is 4.79 Å². The maximum atomic E-state index is 12.0. The summed E-state index contributed by atoms with van der Waals surface area (Å²) in [5, 5.41) is 3.11. The normalized spacial score (nSPS) is 18.7. The summed E-state index contributed by atoms with van der Waals surface area (Å²) < 4.78 is 9.43. The summed E-state index contributed by atoms with van der Waals surface area (Å²) in [6, 6.07) is 0. The summed E-state index contributed by atoms with van der Waals surface area (Å²) in [7, 11) is 3.75. The van der Waals surface area contributed by atoms with Crippen LogP contribution in [-0.2, 0) is 25.4 Å². The molecule has 8 heteroatoms. The van der Waals surface area contributed by atoms with Gasteiger partial charge in [-0.1, -0.05) is 0 Å². The number of morpholine rings is 1. The predicted molar refractivity (Wildman–Crippen MR) is 90.9 cm³/mol. The van der Waals surface area contributed by atoms with Gasteiger partial charge in [-0.25, -0.2) is 9.97 Å². The first-order chi connectivity index (χ1) is 11.5. The van der Waals surface area contributed by atoms with Crippen LogP contribution in [0.15, 0.2) is 23.4 Å². The maximum Gasteiger partial charge on any atom is 0.293 e. The van der Waals surface area contributed by atoms with Gasteiger partial charge in [-0.15, -0.1) is 0 Å². The van der Waals surface area contributed by atoms with Gasteiger partial charge in [-0.2, -0.15) is 0 Å². The lowest BCUT2D eigenvalue weighted by Gasteiger charge is -2.33. The van der Waals surface area contributed by atoms with Gasteiger partial charge in [0.05, 0.1) is 18.4 Å². The SMILES string of the molecule is Cc1ncc(CN2CCOC(CNc3nccn(C)c3=O)C2)n1C. The molecule has 0 aliphatic carbocycles. The van der Waals surface area contributed by atoms with Gasteiger partial charge >= 0.3 is 0 Å². The third-order valence-corrected chi connectivity index (χ3v) is 4.44. The van der Waals surface area contributed by atoms with Crippen LogP contribution in [0.25, 0.3) is 0 Å². The fourth-order valence-corrected chi connectivity index (χ4v) is 2.80. The van der Waals surface area contributed by atoms with E-state index in [2.05, 4.69) is 24.8 Å². The van der Waals surface area contributed by atoms with E-state index >= 15 is 0 Å². The molecule has 8 nitrogen and oxygen atoms in total. The Morgan fingerprint density at radius 1 is 1.38 bits per heavy atom. The van der Waals surface area contributed by atoms with Crippen molar-refractivity contribution in [3.8, 4) is 0 Å². The Morgan fingerprint density at radius 2 is 2.21 bits per heavy atom. The second-order valence-corrected chi connectivity index (χ2v) is 6.16. The van der Waals surface area contributed by atoms with E-state index in [0.717, 1.165) is 25.5 Å². The van der Waals surface area contributed by atoms with Crippen molar-refractivity contribution in [2.24, 2.45) is 14.1 Å². The van der Waals surface area contributed by atoms with E-state index in [1.165, 1.54) is 10.3 Å². The van der Waals surface area contributed by atoms with Crippen molar-refractivity contribution in [3.63, 3.8) is 0 Å². The zero-order chi connectivity index (χ0) is 17.1. The van der Waals surface area contributed by atoms with E-state index in [1.54, 1.807) is 19.4 Å². The van der Waals surface area contributed by atoms with Gasteiger partial charge in [0.15, 0.2) is 5.82 Å². The highest BCUT2D eigenvalue weighted by molar-refractivity contribution is 5.30. The van der Waals surface area contributed by atoms with Crippen molar-refractivity contribution in [1.29, 1.82) is 0 Å². The molecule has 1 aliphatic rings. The summed E-state index contributed by atoms with van der Waals surface area (Å²) in [4.78, 5) is 22.8. The molecule has 0 amide bonds. The Hall–Kier alpha value is -2.19. The topological polar surface area (TPSA) is 77.2 Å². The molecule has 130 valence electrons. The standard InChI is InChI=1S/C16H24N6O2/c1-12-18-8-13(21(12)3)10-22-6-7-24-14(11-22)9-19-15-16(23)20(2)5-4-17-15/h4-5,8,14H,6-7,9-11H2,1-3H3,(H,17,19). The molecule has 1 saturated heterocycles. The average molecular weight is 332 g/mol. The minimum atomic E-state index is -0.129. The van der Waals surface area contributed by atoms with E-state index in [4.69, 9.17) is 4.74 Å². The lowest BCUT2D eigenvalue weighted by molar-refractivity contribution is -0.0247. The average Bonchev–Trinajstić information content (AvgIpc) is 2.89. The van der Waals surface area contributed by atoms with Crippen molar-refractivity contribution in [1.82, 2.24) is 24.0 Å². The molecule has 3 rings (SSSR count). The van der Waals surface area contributed by atoms with Gasteiger partial charge in [0, 0.05) is 58.9 Å². The second-order valence-electron chi connectivity index (χ2n) is 6.16. The summed E-state index contributed by atoms with van der Waals surface area (Å²) in [6.45, 7) is 5.80. The second kappa shape index (κ2) is 7.14. The highest BCUT2D eigenvalue weighted by Crippen LogP contribution is 2.11. The molecule has 2 aromatic heterocycles. The molecule has 1 N–H and O–H groups in total. The molecular formula is C16H24N6O2. The molecule has 24 heavy (non-hydrogen) atoms. The Morgan fingerprint density at radius 3 is 2.96 bits per heavy atom. The first-order valence-corrected chi connectivity index (χ1v) is 8.11. The molecule has 1 aliphatic heterocycles. The smallest absolute Gasteiger partial charge is 0.293 e. The number of nitrogens with one attached hydrogen (secondary N) is 1. The third-order valence-electron chi connectivity index (χ3n) is 4.44. The number of hydrogen-bond donors (Lipinski definition) is 1. The molecule has 1 unspecified atom stereocenters. The van der Waals surface area contributed by atoms with Crippen LogP contribution in [0.4, 0.5) is 5.82 Å². The zero-order valence-electron chi connectivity index (χ0n) is 14.4. The summed E-state index contributed by atoms with van der Waals surface area (Å²) in [6.07, 6.45) is 5.21. The highest BCUT2D eigenvalue weighted by atomic mass is 16.5. The number of aryl methyl sites for hydroxylation is 2. The Kier molecular flexibility index (Phi) is 4.96. The number of ether oxygens (including phenoxy) is 1. The van der Waals surface area contributed by atoms with E-state index < -0.39 is 0 Å². The molecule has 2 aromatic rings. The van der Waals surface area contributed by atoms with Gasteiger partial charge in [0.2, 0.25) is 0 Å². The van der Waals surface area contributed by atoms with Crippen LogP contribution in [0.5, 0.6) is 0 Å². The summed E-state index contributed by atoms with van der Waals surface area (Å²) in [5.41, 5.74) is 1.07. The van der Waals surface area contributed by atoms with Gasteiger partial charge in [-0.05, 0) is 6.92 Å². The van der Waals surface area contributed by atoms with E-state index in [0.29, 0.717) is 19.0 Å². The maximum absolute atomic E-state index is 12.0. The first kappa shape index (κ1) is 16.7. The van der Waals surface area contributed by atoms with Crippen LogP contribution < -0.4 is 10.9 Å². The van der Waals surface area contributed by atoms with Crippen LogP contribution in [0.3, 0.4) is 0 Å². The quantitative estimate of drug-likeness (QED) is 0.839. The minimum absolute atomic E-state index is 0.0276. The molecule has 1 fully saturated rings.